The highest BCUT2D eigenvalue weighted by Gasteiger charge is 2.46. The highest BCUT2D eigenvalue weighted by Crippen LogP contribution is 2.60. The summed E-state index contributed by atoms with van der Waals surface area (Å²) in [5.74, 6) is 1.14. The Balaban J connectivity index is 1.03. The molecule has 38 heavy (non-hydrogen) atoms. The Hall–Kier alpha value is -3.70. The Labute approximate surface area is 223 Å². The summed E-state index contributed by atoms with van der Waals surface area (Å²) in [4.78, 5) is 5.17. The average Bonchev–Trinajstić information content (AvgIpc) is 3.62. The van der Waals surface area contributed by atoms with Gasteiger partial charge in [0, 0.05) is 60.9 Å². The fourth-order valence-corrected chi connectivity index (χ4v) is 8.07. The van der Waals surface area contributed by atoms with Crippen LogP contribution in [0.15, 0.2) is 78.9 Å². The number of benzene rings is 3. The van der Waals surface area contributed by atoms with E-state index in [1.54, 1.807) is 4.57 Å². The maximum Gasteiger partial charge on any atom is 0.198 e. The van der Waals surface area contributed by atoms with Crippen molar-refractivity contribution in [3.63, 3.8) is 0 Å². The van der Waals surface area contributed by atoms with E-state index in [-0.39, 0.29) is 23.6 Å². The van der Waals surface area contributed by atoms with Crippen LogP contribution in [0.25, 0.3) is 0 Å². The summed E-state index contributed by atoms with van der Waals surface area (Å²) in [7, 11) is 0. The van der Waals surface area contributed by atoms with Gasteiger partial charge in [-0.1, -0.05) is 66.7 Å². The minimum Gasteiger partial charge on any atom is -0.494 e. The zero-order chi connectivity index (χ0) is 25.4. The number of hydrogen-bond acceptors (Lipinski definition) is 4. The molecule has 2 N–H and O–H groups in total. The molecule has 1 aromatic heterocycles. The van der Waals surface area contributed by atoms with Crippen molar-refractivity contribution in [3.8, 4) is 11.8 Å². The second-order valence-electron chi connectivity index (χ2n) is 11.5. The van der Waals surface area contributed by atoms with Crippen LogP contribution in [0.1, 0.15) is 58.1 Å². The molecule has 2 bridgehead atoms. The number of anilines is 1. The summed E-state index contributed by atoms with van der Waals surface area (Å²) in [6.07, 6.45) is 2.15. The zero-order valence-electron chi connectivity index (χ0n) is 21.5. The summed E-state index contributed by atoms with van der Waals surface area (Å²) in [6, 6.07) is 28.5. The van der Waals surface area contributed by atoms with E-state index in [1.807, 2.05) is 0 Å². The standard InChI is InChI=1S/C33H33N3O2/c37-32-30-28-23-11-4-5-12-24(23)29(26-14-7-6-13-25(26)28)31(30)33(38)36(32)17-8-16-34-19-21-15-18-35(27(21)20-34)22-9-2-1-3-10-22/h1-7,9-14,21,27-29,37-38H,8,15-20H2. The van der Waals surface area contributed by atoms with Gasteiger partial charge >= 0.3 is 0 Å². The number of likely N-dealkylation sites (tertiary alicyclic amines) is 1. The van der Waals surface area contributed by atoms with Crippen LogP contribution in [0.5, 0.6) is 11.8 Å². The van der Waals surface area contributed by atoms with Crippen LogP contribution < -0.4 is 4.90 Å². The van der Waals surface area contributed by atoms with Crippen LogP contribution in [-0.2, 0) is 6.54 Å². The van der Waals surface area contributed by atoms with E-state index in [0.29, 0.717) is 12.6 Å². The molecule has 5 aliphatic rings. The molecule has 3 aliphatic carbocycles. The third kappa shape index (κ3) is 3.08. The summed E-state index contributed by atoms with van der Waals surface area (Å²) < 4.78 is 1.77. The van der Waals surface area contributed by atoms with Crippen LogP contribution in [-0.4, -0.2) is 51.9 Å². The Morgan fingerprint density at radius 1 is 0.658 bits per heavy atom. The molecular formula is C33H33N3O2. The first-order valence-corrected chi connectivity index (χ1v) is 14.1. The third-order valence-corrected chi connectivity index (χ3v) is 9.66. The molecule has 2 aliphatic heterocycles. The Morgan fingerprint density at radius 3 is 1.79 bits per heavy atom. The highest BCUT2D eigenvalue weighted by molar-refractivity contribution is 5.72. The molecule has 192 valence electrons. The van der Waals surface area contributed by atoms with Crippen LogP contribution in [0, 0.1) is 5.92 Å². The summed E-state index contributed by atoms with van der Waals surface area (Å²) >= 11 is 0. The van der Waals surface area contributed by atoms with Crippen molar-refractivity contribution in [1.29, 1.82) is 0 Å². The van der Waals surface area contributed by atoms with Crippen molar-refractivity contribution in [2.24, 2.45) is 5.92 Å². The molecule has 0 saturated carbocycles. The zero-order valence-corrected chi connectivity index (χ0v) is 21.5. The minimum atomic E-state index is -0.0310. The largest absolute Gasteiger partial charge is 0.494 e. The molecule has 2 atom stereocenters. The molecule has 3 aromatic carbocycles. The van der Waals surface area contributed by atoms with Gasteiger partial charge in [0.25, 0.3) is 0 Å². The van der Waals surface area contributed by atoms with Crippen molar-refractivity contribution < 1.29 is 10.2 Å². The predicted octanol–water partition coefficient (Wildman–Crippen LogP) is 5.49. The van der Waals surface area contributed by atoms with Gasteiger partial charge in [-0.15, -0.1) is 0 Å². The Kier molecular flexibility index (Phi) is 4.93. The molecular weight excluding hydrogens is 470 g/mol. The van der Waals surface area contributed by atoms with Crippen LogP contribution in [0.3, 0.4) is 0 Å². The molecule has 3 heterocycles. The number of rotatable bonds is 5. The van der Waals surface area contributed by atoms with Crippen LogP contribution in [0.2, 0.25) is 0 Å². The lowest BCUT2D eigenvalue weighted by Gasteiger charge is -2.40. The van der Waals surface area contributed by atoms with Gasteiger partial charge in [-0.2, -0.15) is 0 Å². The number of para-hydroxylation sites is 1. The van der Waals surface area contributed by atoms with Gasteiger partial charge < -0.3 is 20.0 Å². The maximum atomic E-state index is 11.5. The molecule has 0 radical (unpaired) electrons. The van der Waals surface area contributed by atoms with E-state index in [1.165, 1.54) is 34.4 Å². The summed E-state index contributed by atoms with van der Waals surface area (Å²) in [5, 5.41) is 23.0. The number of hydrogen-bond donors (Lipinski definition) is 2. The highest BCUT2D eigenvalue weighted by atomic mass is 16.3. The first-order valence-electron chi connectivity index (χ1n) is 14.1. The van der Waals surface area contributed by atoms with Gasteiger partial charge in [-0.25, -0.2) is 0 Å². The van der Waals surface area contributed by atoms with Crippen molar-refractivity contribution >= 4 is 5.69 Å². The van der Waals surface area contributed by atoms with Gasteiger partial charge in [0.15, 0.2) is 11.8 Å². The quantitative estimate of drug-likeness (QED) is 0.327. The first kappa shape index (κ1) is 22.3. The van der Waals surface area contributed by atoms with Gasteiger partial charge in [0.05, 0.1) is 0 Å². The fraction of sp³-hybridized carbons (Fsp3) is 0.333. The van der Waals surface area contributed by atoms with Gasteiger partial charge in [0.2, 0.25) is 0 Å². The number of aromatic nitrogens is 1. The third-order valence-electron chi connectivity index (χ3n) is 9.66. The summed E-state index contributed by atoms with van der Waals surface area (Å²) in [5.41, 5.74) is 8.15. The van der Waals surface area contributed by atoms with E-state index in [4.69, 9.17) is 0 Å². The van der Waals surface area contributed by atoms with Gasteiger partial charge in [-0.05, 0) is 59.7 Å². The molecule has 0 spiro atoms. The molecule has 0 amide bonds. The van der Waals surface area contributed by atoms with Gasteiger partial charge in [-0.3, -0.25) is 4.57 Å². The van der Waals surface area contributed by atoms with Crippen molar-refractivity contribution in [3.05, 3.63) is 112 Å². The van der Waals surface area contributed by atoms with E-state index in [9.17, 15) is 10.2 Å². The van der Waals surface area contributed by atoms with E-state index < -0.39 is 0 Å². The lowest BCUT2D eigenvalue weighted by atomic mass is 9.62. The molecule has 4 aromatic rings. The maximum absolute atomic E-state index is 11.5. The molecule has 9 rings (SSSR count). The Morgan fingerprint density at radius 2 is 1.21 bits per heavy atom. The number of fused-ring (bicyclic) bond motifs is 1. The smallest absolute Gasteiger partial charge is 0.198 e. The monoisotopic (exact) mass is 503 g/mol. The van der Waals surface area contributed by atoms with Crippen LogP contribution >= 0.6 is 0 Å². The van der Waals surface area contributed by atoms with E-state index in [0.717, 1.165) is 49.6 Å². The lowest BCUT2D eigenvalue weighted by molar-refractivity contribution is 0.294. The normalized spacial score (nSPS) is 24.8. The molecule has 2 unspecified atom stereocenters. The molecule has 2 saturated heterocycles. The second-order valence-corrected chi connectivity index (χ2v) is 11.5. The Bertz CT molecular complexity index is 1410. The number of aromatic hydroxyl groups is 2. The molecule has 2 fully saturated rings. The molecule has 5 nitrogen and oxygen atoms in total. The van der Waals surface area contributed by atoms with Crippen molar-refractivity contribution in [2.75, 3.05) is 31.1 Å². The van der Waals surface area contributed by atoms with Gasteiger partial charge in [0.1, 0.15) is 0 Å². The molecule has 5 heteroatoms. The second kappa shape index (κ2) is 8.40. The fourth-order valence-electron chi connectivity index (χ4n) is 8.07. The van der Waals surface area contributed by atoms with E-state index >= 15 is 0 Å². The summed E-state index contributed by atoms with van der Waals surface area (Å²) in [6.45, 7) is 4.98. The van der Waals surface area contributed by atoms with Crippen LogP contribution in [0.4, 0.5) is 5.69 Å². The first-order chi connectivity index (χ1) is 18.7. The lowest BCUT2D eigenvalue weighted by Crippen LogP contribution is -2.35. The van der Waals surface area contributed by atoms with Crippen molar-refractivity contribution in [1.82, 2.24) is 9.47 Å². The topological polar surface area (TPSA) is 51.9 Å². The predicted molar refractivity (Wildman–Crippen MR) is 149 cm³/mol. The van der Waals surface area contributed by atoms with Crippen molar-refractivity contribution in [2.45, 2.75) is 37.3 Å². The minimum absolute atomic E-state index is 0.0310. The number of nitrogens with zero attached hydrogens (tertiary/aromatic N) is 3. The SMILES string of the molecule is Oc1c2c(c(O)n1CCCN1CC3CCN(c4ccccc4)C3C1)C1c3ccccc3C2c2ccccc21. The average molecular weight is 504 g/mol. The van der Waals surface area contributed by atoms with E-state index in [2.05, 4.69) is 88.7 Å².